The molecule has 78 valence electrons. The Bertz CT molecular complexity index is 417. The van der Waals surface area contributed by atoms with Gasteiger partial charge in [-0.2, -0.15) is 0 Å². The Kier molecular flexibility index (Phi) is 3.85. The maximum atomic E-state index is 10.7. The second kappa shape index (κ2) is 7.85. The summed E-state index contributed by atoms with van der Waals surface area (Å²) < 4.78 is 77.8. The van der Waals surface area contributed by atoms with Gasteiger partial charge in [-0.1, -0.05) is 0 Å². The van der Waals surface area contributed by atoms with E-state index < -0.39 is 39.3 Å². The molecule has 0 spiro atoms. The number of likely N-dealkylation sites (N-methyl/N-ethyl adjacent to an activating group) is 1. The molecule has 0 saturated carbocycles. The molecule has 0 bridgehead atoms. The SMILES string of the molecule is [2H]C([2H])[N+](C)(C([2H])([2H])[2H])C([2H])([2H])C([2H])([2H])OP(=O)(O)O.[Ca].[Cl-]. The zero-order chi connectivity index (χ0) is 16.8. The molecule has 0 fully saturated rings. The molecule has 1 unspecified atom stereocenters. The van der Waals surface area contributed by atoms with Crippen LogP contribution < -0.4 is 12.4 Å². The van der Waals surface area contributed by atoms with Gasteiger partial charge in [0.25, 0.3) is 0 Å². The fraction of sp³-hybridized carbons (Fsp3) is 1.00. The van der Waals surface area contributed by atoms with E-state index >= 15 is 0 Å². The first kappa shape index (κ1) is 6.38. The summed E-state index contributed by atoms with van der Waals surface area (Å²) in [6.45, 7) is -13.1. The van der Waals surface area contributed by atoms with Crippen LogP contribution in [0.1, 0.15) is 12.3 Å². The van der Waals surface area contributed by atoms with Crippen molar-refractivity contribution in [2.24, 2.45) is 0 Å². The average molecular weight is 269 g/mol. The van der Waals surface area contributed by atoms with Gasteiger partial charge in [0.05, 0.1) is 33.4 Å². The molecule has 0 aromatic heterocycles. The van der Waals surface area contributed by atoms with Gasteiger partial charge in [-0.05, 0) is 0 Å². The maximum Gasteiger partial charge on any atom is 0.469 e. The molecular formula is C5H15CaClNO4P. The molecule has 0 aliphatic heterocycles. The molecule has 0 aliphatic rings. The second-order valence-electron chi connectivity index (χ2n) is 1.87. The van der Waals surface area contributed by atoms with Crippen LogP contribution in [0.15, 0.2) is 0 Å². The molecule has 2 radical (unpaired) electrons. The van der Waals surface area contributed by atoms with E-state index in [1.165, 1.54) is 0 Å². The van der Waals surface area contributed by atoms with Crippen LogP contribution in [0.25, 0.3) is 0 Å². The van der Waals surface area contributed by atoms with Crippen molar-refractivity contribution in [3.05, 3.63) is 0 Å². The van der Waals surface area contributed by atoms with Gasteiger partial charge < -0.3 is 26.7 Å². The first-order valence-corrected chi connectivity index (χ1v) is 3.90. The molecule has 13 heavy (non-hydrogen) atoms. The van der Waals surface area contributed by atoms with Crippen molar-refractivity contribution >= 4 is 45.6 Å². The fourth-order valence-corrected chi connectivity index (χ4v) is 0.334. The third-order valence-corrected chi connectivity index (χ3v) is 0.772. The molecule has 0 aliphatic carbocycles. The average Bonchev–Trinajstić information content (AvgIpc) is 2.09. The third-order valence-electron chi connectivity index (χ3n) is 0.442. The Hall–Kier alpha value is 1.62. The van der Waals surface area contributed by atoms with E-state index in [-0.39, 0.29) is 50.1 Å². The van der Waals surface area contributed by atoms with Crippen LogP contribution in [0.2, 0.25) is 0 Å². The van der Waals surface area contributed by atoms with Gasteiger partial charge in [-0.25, -0.2) is 4.57 Å². The van der Waals surface area contributed by atoms with E-state index in [9.17, 15) is 4.57 Å². The summed E-state index contributed by atoms with van der Waals surface area (Å²) in [5.41, 5.74) is 0. The fourth-order valence-electron chi connectivity index (χ4n) is 0.175. The van der Waals surface area contributed by atoms with E-state index in [1.54, 1.807) is 0 Å². The Morgan fingerprint density at radius 3 is 2.54 bits per heavy atom. The topological polar surface area (TPSA) is 66.8 Å². The largest absolute Gasteiger partial charge is 1.00 e. The summed E-state index contributed by atoms with van der Waals surface area (Å²) >= 11 is 0. The monoisotopic (exact) mass is 268 g/mol. The van der Waals surface area contributed by atoms with Crippen molar-refractivity contribution in [1.29, 1.82) is 0 Å². The van der Waals surface area contributed by atoms with Crippen LogP contribution in [-0.2, 0) is 9.09 Å². The van der Waals surface area contributed by atoms with Crippen LogP contribution in [0.3, 0.4) is 0 Å². The van der Waals surface area contributed by atoms with E-state index in [0.717, 1.165) is 0 Å². The Morgan fingerprint density at radius 1 is 1.69 bits per heavy atom. The van der Waals surface area contributed by atoms with Crippen molar-refractivity contribution in [2.45, 2.75) is 0 Å². The zero-order valence-corrected chi connectivity index (χ0v) is 10.6. The van der Waals surface area contributed by atoms with Crippen molar-refractivity contribution in [1.82, 2.24) is 0 Å². The third kappa shape index (κ3) is 19.9. The smallest absolute Gasteiger partial charge is 0.469 e. The van der Waals surface area contributed by atoms with Gasteiger partial charge in [-0.15, -0.1) is 0 Å². The summed E-state index contributed by atoms with van der Waals surface area (Å²) in [7, 11) is -4.90. The normalized spacial score (nSPS) is 28.8. The molecule has 1 atom stereocenters. The number of quaternary nitrogens is 1. The van der Waals surface area contributed by atoms with Crippen molar-refractivity contribution in [3.63, 3.8) is 0 Å². The summed E-state index contributed by atoms with van der Waals surface area (Å²) in [5, 5.41) is 0. The van der Waals surface area contributed by atoms with Crippen molar-refractivity contribution in [2.75, 3.05) is 34.1 Å². The van der Waals surface area contributed by atoms with Crippen LogP contribution >= 0.6 is 7.82 Å². The molecular weight excluding hydrogens is 245 g/mol. The minimum atomic E-state index is -5.47. The van der Waals surface area contributed by atoms with E-state index in [4.69, 9.17) is 22.1 Å². The van der Waals surface area contributed by atoms with Gasteiger partial charge in [-0.3, -0.25) is 4.52 Å². The summed E-state index contributed by atoms with van der Waals surface area (Å²) in [6, 6.07) is 0. The van der Waals surface area contributed by atoms with Gasteiger partial charge in [0, 0.05) is 37.7 Å². The first-order chi connectivity index (χ1) is 8.40. The Morgan fingerprint density at radius 2 is 2.23 bits per heavy atom. The number of hydrogen-bond acceptors (Lipinski definition) is 2. The molecule has 0 aromatic carbocycles. The second-order valence-corrected chi connectivity index (χ2v) is 3.03. The molecule has 0 heterocycles. The van der Waals surface area contributed by atoms with Crippen LogP contribution in [0.5, 0.6) is 0 Å². The van der Waals surface area contributed by atoms with Crippen LogP contribution in [0.4, 0.5) is 0 Å². The quantitative estimate of drug-likeness (QED) is 0.315. The summed E-state index contributed by atoms with van der Waals surface area (Å²) in [6.07, 6.45) is 0. The van der Waals surface area contributed by atoms with Crippen molar-refractivity contribution < 1.29 is 48.1 Å². The molecule has 5 nitrogen and oxygen atoms in total. The number of hydrogen-bond donors (Lipinski definition) is 2. The van der Waals surface area contributed by atoms with E-state index in [0.29, 0.717) is 7.05 Å². The van der Waals surface area contributed by atoms with Crippen LogP contribution in [-0.4, -0.2) is 86.1 Å². The van der Waals surface area contributed by atoms with E-state index in [1.807, 2.05) is 0 Å². The standard InChI is InChI=1S/C5H14NO4P.Ca.ClH/c1-6(2,3)4-5-10-11(7,8)9;;/h4-5H2,1-3H3,(H-,7,8,9);;1H/i1D2,2D3,4D2,5D2;;. The Labute approximate surface area is 127 Å². The van der Waals surface area contributed by atoms with Gasteiger partial charge in [0.2, 0.25) is 0 Å². The van der Waals surface area contributed by atoms with Gasteiger partial charge in [0.1, 0.15) is 13.1 Å². The molecule has 0 amide bonds. The molecule has 0 aromatic rings. The molecule has 0 saturated heterocycles. The molecule has 0 rings (SSSR count). The number of phosphoric ester groups is 1. The summed E-state index contributed by atoms with van der Waals surface area (Å²) in [5.74, 6) is 0. The van der Waals surface area contributed by atoms with E-state index in [2.05, 4.69) is 4.52 Å². The predicted octanol–water partition coefficient (Wildman–Crippen LogP) is -3.57. The van der Waals surface area contributed by atoms with Crippen LogP contribution in [0, 0.1) is 0 Å². The first-order valence-electron chi connectivity index (χ1n) is 7.03. The molecule has 8 heteroatoms. The maximum absolute atomic E-state index is 10.7. The van der Waals surface area contributed by atoms with Gasteiger partial charge >= 0.3 is 7.82 Å². The molecule has 2 N–H and O–H groups in total. The Balaban J connectivity index is -0.00000180. The van der Waals surface area contributed by atoms with Crippen molar-refractivity contribution in [3.8, 4) is 0 Å². The number of halogens is 1. The number of rotatable bonds is 4. The predicted molar refractivity (Wildman–Crippen MR) is 46.6 cm³/mol. The number of phosphoric acid groups is 1. The minimum Gasteiger partial charge on any atom is -1.00 e. The number of nitrogens with zero attached hydrogens (tertiary/aromatic N) is 1. The minimum absolute atomic E-state index is 0. The van der Waals surface area contributed by atoms with Gasteiger partial charge in [0.15, 0.2) is 0 Å². The summed E-state index contributed by atoms with van der Waals surface area (Å²) in [4.78, 5) is 17.1. The zero-order valence-electron chi connectivity index (χ0n) is 15.8.